The molecule has 0 bridgehead atoms. The third-order valence-corrected chi connectivity index (χ3v) is 3.25. The molecule has 19 heavy (non-hydrogen) atoms. The zero-order valence-electron chi connectivity index (χ0n) is 10.2. The fraction of sp³-hybridized carbons (Fsp3) is 0.200. The molecular weight excluding hydrogens is 268 g/mol. The van der Waals surface area contributed by atoms with Gasteiger partial charge in [0.05, 0.1) is 5.02 Å². The second-order valence-corrected chi connectivity index (χ2v) is 4.88. The second kappa shape index (κ2) is 6.13. The third kappa shape index (κ3) is 3.52. The van der Waals surface area contributed by atoms with Crippen molar-refractivity contribution in [2.75, 3.05) is 0 Å². The Labute approximate surface area is 116 Å². The zero-order chi connectivity index (χ0) is 13.8. The molecule has 1 atom stereocenters. The van der Waals surface area contributed by atoms with E-state index in [2.05, 4.69) is 0 Å². The molecule has 0 heterocycles. The first kappa shape index (κ1) is 14.0. The van der Waals surface area contributed by atoms with E-state index in [4.69, 9.17) is 17.3 Å². The van der Waals surface area contributed by atoms with Gasteiger partial charge < -0.3 is 5.73 Å². The molecule has 2 aromatic carbocycles. The van der Waals surface area contributed by atoms with Crippen molar-refractivity contribution >= 4 is 11.6 Å². The van der Waals surface area contributed by atoms with Crippen LogP contribution in [0.2, 0.25) is 5.02 Å². The highest BCUT2D eigenvalue weighted by Gasteiger charge is 2.12. The molecule has 0 saturated heterocycles. The number of hydrogen-bond acceptors (Lipinski definition) is 1. The predicted octanol–water partition coefficient (Wildman–Crippen LogP) is 3.73. The molecule has 0 aliphatic rings. The van der Waals surface area contributed by atoms with Gasteiger partial charge in [-0.15, -0.1) is 0 Å². The van der Waals surface area contributed by atoms with E-state index in [1.807, 2.05) is 0 Å². The Bertz CT molecular complexity index is 572. The van der Waals surface area contributed by atoms with Crippen molar-refractivity contribution < 1.29 is 8.78 Å². The van der Waals surface area contributed by atoms with Crippen LogP contribution in [0.4, 0.5) is 8.78 Å². The number of halogens is 3. The summed E-state index contributed by atoms with van der Waals surface area (Å²) in [7, 11) is 0. The number of nitrogens with two attached hydrogens (primary N) is 1. The second-order valence-electron chi connectivity index (χ2n) is 4.47. The summed E-state index contributed by atoms with van der Waals surface area (Å²) < 4.78 is 27.2. The van der Waals surface area contributed by atoms with Crippen LogP contribution in [-0.2, 0) is 12.8 Å². The zero-order valence-corrected chi connectivity index (χ0v) is 11.0. The van der Waals surface area contributed by atoms with E-state index in [1.54, 1.807) is 30.3 Å². The topological polar surface area (TPSA) is 26.0 Å². The minimum absolute atomic E-state index is 0.0793. The van der Waals surface area contributed by atoms with Crippen molar-refractivity contribution in [3.8, 4) is 0 Å². The average molecular weight is 282 g/mol. The van der Waals surface area contributed by atoms with Crippen LogP contribution in [0.25, 0.3) is 0 Å². The van der Waals surface area contributed by atoms with E-state index in [0.29, 0.717) is 24.0 Å². The molecule has 0 amide bonds. The highest BCUT2D eigenvalue weighted by molar-refractivity contribution is 6.30. The van der Waals surface area contributed by atoms with Gasteiger partial charge in [0.25, 0.3) is 0 Å². The van der Waals surface area contributed by atoms with Crippen molar-refractivity contribution in [2.45, 2.75) is 18.9 Å². The number of rotatable bonds is 4. The summed E-state index contributed by atoms with van der Waals surface area (Å²) in [4.78, 5) is 0. The van der Waals surface area contributed by atoms with Crippen LogP contribution >= 0.6 is 11.6 Å². The van der Waals surface area contributed by atoms with Gasteiger partial charge in [0.15, 0.2) is 0 Å². The summed E-state index contributed by atoms with van der Waals surface area (Å²) >= 11 is 5.71. The molecule has 0 aliphatic carbocycles. The van der Waals surface area contributed by atoms with Gasteiger partial charge in [-0.05, 0) is 36.1 Å². The van der Waals surface area contributed by atoms with Crippen molar-refractivity contribution in [3.05, 3.63) is 70.2 Å². The lowest BCUT2D eigenvalue weighted by Gasteiger charge is -2.13. The molecule has 100 valence electrons. The van der Waals surface area contributed by atoms with Crippen LogP contribution in [0.5, 0.6) is 0 Å². The Hall–Kier alpha value is -1.45. The van der Waals surface area contributed by atoms with Gasteiger partial charge in [-0.2, -0.15) is 0 Å². The van der Waals surface area contributed by atoms with E-state index in [9.17, 15) is 8.78 Å². The Morgan fingerprint density at radius 1 is 0.947 bits per heavy atom. The largest absolute Gasteiger partial charge is 0.327 e. The first-order chi connectivity index (χ1) is 9.08. The molecule has 0 aliphatic heterocycles. The molecule has 1 unspecified atom stereocenters. The Balaban J connectivity index is 2.08. The number of hydrogen-bond donors (Lipinski definition) is 1. The molecule has 2 N–H and O–H groups in total. The fourth-order valence-corrected chi connectivity index (χ4v) is 2.20. The van der Waals surface area contributed by atoms with Gasteiger partial charge in [0.1, 0.15) is 11.6 Å². The Morgan fingerprint density at radius 3 is 2.32 bits per heavy atom. The summed E-state index contributed by atoms with van der Waals surface area (Å²) in [6, 6.07) is 10.9. The molecule has 0 saturated carbocycles. The van der Waals surface area contributed by atoms with E-state index < -0.39 is 5.82 Å². The molecule has 4 heteroatoms. The first-order valence-corrected chi connectivity index (χ1v) is 6.37. The van der Waals surface area contributed by atoms with Crippen LogP contribution in [0.15, 0.2) is 42.5 Å². The van der Waals surface area contributed by atoms with Gasteiger partial charge in [0, 0.05) is 6.04 Å². The van der Waals surface area contributed by atoms with Gasteiger partial charge in [-0.1, -0.05) is 41.9 Å². The van der Waals surface area contributed by atoms with Crippen molar-refractivity contribution in [2.24, 2.45) is 5.73 Å². The fourth-order valence-electron chi connectivity index (χ4n) is 2.01. The maximum atomic E-state index is 13.7. The van der Waals surface area contributed by atoms with Gasteiger partial charge >= 0.3 is 0 Å². The first-order valence-electron chi connectivity index (χ1n) is 6.00. The van der Waals surface area contributed by atoms with Crippen LogP contribution in [0, 0.1) is 11.6 Å². The Kier molecular flexibility index (Phi) is 4.51. The SMILES string of the molecule is NC(Cc1ccccc1F)Cc1cccc(Cl)c1F. The highest BCUT2D eigenvalue weighted by Crippen LogP contribution is 2.19. The normalized spacial score (nSPS) is 12.4. The van der Waals surface area contributed by atoms with Gasteiger partial charge in [-0.3, -0.25) is 0 Å². The lowest BCUT2D eigenvalue weighted by molar-refractivity contribution is 0.565. The lowest BCUT2D eigenvalue weighted by atomic mass is 9.99. The predicted molar refractivity (Wildman–Crippen MR) is 73.2 cm³/mol. The lowest BCUT2D eigenvalue weighted by Crippen LogP contribution is -2.26. The highest BCUT2D eigenvalue weighted by atomic mass is 35.5. The van der Waals surface area contributed by atoms with Crippen LogP contribution in [-0.4, -0.2) is 6.04 Å². The quantitative estimate of drug-likeness (QED) is 0.908. The molecule has 2 aromatic rings. The third-order valence-electron chi connectivity index (χ3n) is 2.95. The van der Waals surface area contributed by atoms with Crippen LogP contribution in [0.1, 0.15) is 11.1 Å². The van der Waals surface area contributed by atoms with E-state index >= 15 is 0 Å². The maximum Gasteiger partial charge on any atom is 0.145 e. The summed E-state index contributed by atoms with van der Waals surface area (Å²) in [6.07, 6.45) is 0.680. The molecule has 1 nitrogen and oxygen atoms in total. The smallest absolute Gasteiger partial charge is 0.145 e. The summed E-state index contributed by atoms with van der Waals surface area (Å²) in [5, 5.41) is 0.0793. The summed E-state index contributed by atoms with van der Waals surface area (Å²) in [6.45, 7) is 0. The standard InChI is InChI=1S/C15H14ClF2N/c16-13-6-3-5-11(15(13)18)9-12(19)8-10-4-1-2-7-14(10)17/h1-7,12H,8-9,19H2. The van der Waals surface area contributed by atoms with E-state index in [0.717, 1.165) is 0 Å². The van der Waals surface area contributed by atoms with Gasteiger partial charge in [0.2, 0.25) is 0 Å². The molecule has 2 rings (SSSR count). The van der Waals surface area contributed by atoms with Crippen molar-refractivity contribution in [1.82, 2.24) is 0 Å². The van der Waals surface area contributed by atoms with E-state index in [-0.39, 0.29) is 16.9 Å². The molecule has 0 aromatic heterocycles. The molecule has 0 fully saturated rings. The van der Waals surface area contributed by atoms with Crippen LogP contribution < -0.4 is 5.73 Å². The molecular formula is C15H14ClF2N. The summed E-state index contributed by atoms with van der Waals surface area (Å²) in [5.74, 6) is -0.738. The van der Waals surface area contributed by atoms with Crippen molar-refractivity contribution in [1.29, 1.82) is 0 Å². The Morgan fingerprint density at radius 2 is 1.58 bits per heavy atom. The van der Waals surface area contributed by atoms with Crippen molar-refractivity contribution in [3.63, 3.8) is 0 Å². The number of benzene rings is 2. The monoisotopic (exact) mass is 281 g/mol. The average Bonchev–Trinajstić information content (AvgIpc) is 2.38. The van der Waals surface area contributed by atoms with Crippen LogP contribution in [0.3, 0.4) is 0 Å². The minimum atomic E-state index is -0.451. The van der Waals surface area contributed by atoms with E-state index in [1.165, 1.54) is 12.1 Å². The molecule has 0 spiro atoms. The molecule has 0 radical (unpaired) electrons. The van der Waals surface area contributed by atoms with Gasteiger partial charge in [-0.25, -0.2) is 8.78 Å². The minimum Gasteiger partial charge on any atom is -0.327 e. The summed E-state index contributed by atoms with van der Waals surface area (Å²) in [5.41, 5.74) is 6.94. The maximum absolute atomic E-state index is 13.7.